The molecular formula is C13H18N4O4. The van der Waals surface area contributed by atoms with Gasteiger partial charge in [0.25, 0.3) is 11.6 Å². The van der Waals surface area contributed by atoms with Crippen LogP contribution in [0.1, 0.15) is 6.92 Å². The van der Waals surface area contributed by atoms with E-state index in [1.807, 2.05) is 14.0 Å². The first-order valence-corrected chi connectivity index (χ1v) is 6.68. The number of ether oxygens (including phenoxy) is 1. The number of amides is 1. The Labute approximate surface area is 122 Å². The molecule has 0 radical (unpaired) electrons. The molecule has 1 amide bonds. The molecule has 2 N–H and O–H groups in total. The van der Waals surface area contributed by atoms with Gasteiger partial charge in [-0.05, 0) is 19.7 Å². The van der Waals surface area contributed by atoms with Gasteiger partial charge in [-0.15, -0.1) is 0 Å². The van der Waals surface area contributed by atoms with E-state index < -0.39 is 4.92 Å². The van der Waals surface area contributed by atoms with Gasteiger partial charge in [0, 0.05) is 13.1 Å². The van der Waals surface area contributed by atoms with E-state index in [2.05, 4.69) is 15.5 Å². The Hall–Kier alpha value is -2.35. The third-order valence-electron chi connectivity index (χ3n) is 3.28. The fourth-order valence-electron chi connectivity index (χ4n) is 1.95. The molecule has 0 saturated carbocycles. The second kappa shape index (κ2) is 6.40. The fourth-order valence-corrected chi connectivity index (χ4v) is 1.95. The summed E-state index contributed by atoms with van der Waals surface area (Å²) in [5.41, 5.74) is 0.751. The molecule has 8 heteroatoms. The summed E-state index contributed by atoms with van der Waals surface area (Å²) in [6.45, 7) is 4.14. The Bertz CT molecular complexity index is 561. The van der Waals surface area contributed by atoms with E-state index in [9.17, 15) is 14.9 Å². The van der Waals surface area contributed by atoms with E-state index in [4.69, 9.17) is 4.74 Å². The van der Waals surface area contributed by atoms with Crippen molar-refractivity contribution in [2.24, 2.45) is 0 Å². The number of fused-ring (bicyclic) bond motifs is 1. The number of likely N-dealkylation sites (N-methyl/N-ethyl adjacent to an activating group) is 1. The minimum atomic E-state index is -0.466. The summed E-state index contributed by atoms with van der Waals surface area (Å²) in [7, 11) is 1.97. The molecule has 114 valence electrons. The van der Waals surface area contributed by atoms with Gasteiger partial charge in [0.2, 0.25) is 0 Å². The van der Waals surface area contributed by atoms with E-state index in [-0.39, 0.29) is 18.2 Å². The van der Waals surface area contributed by atoms with Crippen molar-refractivity contribution in [3.05, 3.63) is 22.2 Å². The Morgan fingerprint density at radius 2 is 2.29 bits per heavy atom. The van der Waals surface area contributed by atoms with Crippen LogP contribution in [-0.4, -0.2) is 49.0 Å². The van der Waals surface area contributed by atoms with Crippen molar-refractivity contribution in [2.45, 2.75) is 6.92 Å². The number of hydrogen-bond donors (Lipinski definition) is 2. The maximum atomic E-state index is 11.3. The normalized spacial score (nSPS) is 13.4. The predicted octanol–water partition coefficient (Wildman–Crippen LogP) is 1.29. The number of carbonyl (C=O) groups is 1. The van der Waals surface area contributed by atoms with Gasteiger partial charge in [-0.25, -0.2) is 0 Å². The highest BCUT2D eigenvalue weighted by Gasteiger charge is 2.23. The van der Waals surface area contributed by atoms with Crippen LogP contribution in [0.3, 0.4) is 0 Å². The molecule has 1 aliphatic rings. The Morgan fingerprint density at radius 3 is 2.95 bits per heavy atom. The summed E-state index contributed by atoms with van der Waals surface area (Å²) in [5.74, 6) is 0.0468. The first-order valence-electron chi connectivity index (χ1n) is 6.68. The number of rotatable bonds is 6. The summed E-state index contributed by atoms with van der Waals surface area (Å²) < 4.78 is 5.19. The molecule has 21 heavy (non-hydrogen) atoms. The lowest BCUT2D eigenvalue weighted by molar-refractivity contribution is -0.384. The van der Waals surface area contributed by atoms with Gasteiger partial charge in [-0.1, -0.05) is 6.92 Å². The molecule has 0 saturated heterocycles. The second-order valence-corrected chi connectivity index (χ2v) is 4.78. The molecule has 0 fully saturated rings. The number of nitrogens with one attached hydrogen (secondary N) is 2. The van der Waals surface area contributed by atoms with E-state index in [0.29, 0.717) is 23.7 Å². The van der Waals surface area contributed by atoms with Crippen molar-refractivity contribution in [2.75, 3.05) is 43.9 Å². The zero-order chi connectivity index (χ0) is 15.4. The van der Waals surface area contributed by atoms with Crippen molar-refractivity contribution in [3.63, 3.8) is 0 Å². The van der Waals surface area contributed by atoms with E-state index in [1.165, 1.54) is 12.1 Å². The average molecular weight is 294 g/mol. The summed E-state index contributed by atoms with van der Waals surface area (Å²) in [5, 5.41) is 16.8. The number of nitrogens with zero attached hydrogens (tertiary/aromatic N) is 2. The number of nitro groups is 1. The molecular weight excluding hydrogens is 276 g/mol. The van der Waals surface area contributed by atoms with Crippen molar-refractivity contribution >= 4 is 23.0 Å². The molecule has 1 aliphatic heterocycles. The summed E-state index contributed by atoms with van der Waals surface area (Å²) in [6.07, 6.45) is 0. The highest BCUT2D eigenvalue weighted by molar-refractivity contribution is 5.96. The molecule has 0 aromatic heterocycles. The van der Waals surface area contributed by atoms with Crippen molar-refractivity contribution in [1.29, 1.82) is 0 Å². The van der Waals surface area contributed by atoms with Crippen LogP contribution in [0.25, 0.3) is 0 Å². The molecule has 0 unspecified atom stereocenters. The lowest BCUT2D eigenvalue weighted by Gasteiger charge is -2.19. The Balaban J connectivity index is 2.19. The molecule has 1 aromatic rings. The highest BCUT2D eigenvalue weighted by Crippen LogP contribution is 2.37. The van der Waals surface area contributed by atoms with E-state index in [0.717, 1.165) is 13.1 Å². The SMILES string of the molecule is CCN(C)CCNc1cc2c(cc1[N+](=O)[O-])OCC(=O)N2. The Kier molecular flexibility index (Phi) is 4.59. The third-order valence-corrected chi connectivity index (χ3v) is 3.28. The monoisotopic (exact) mass is 294 g/mol. The number of nitro benzene ring substituents is 1. The van der Waals surface area contributed by atoms with Crippen molar-refractivity contribution in [1.82, 2.24) is 4.90 Å². The van der Waals surface area contributed by atoms with Gasteiger partial charge in [0.15, 0.2) is 12.4 Å². The molecule has 0 bridgehead atoms. The van der Waals surface area contributed by atoms with Gasteiger partial charge in [0.1, 0.15) is 5.69 Å². The van der Waals surface area contributed by atoms with Crippen LogP contribution in [0.15, 0.2) is 12.1 Å². The number of benzene rings is 1. The summed E-state index contributed by atoms with van der Waals surface area (Å²) in [4.78, 5) is 24.1. The third kappa shape index (κ3) is 3.60. The molecule has 2 rings (SSSR count). The lowest BCUT2D eigenvalue weighted by Crippen LogP contribution is -2.26. The first kappa shape index (κ1) is 15.0. The predicted molar refractivity (Wildman–Crippen MR) is 78.9 cm³/mol. The van der Waals surface area contributed by atoms with Crippen LogP contribution in [0.2, 0.25) is 0 Å². The first-order chi connectivity index (χ1) is 10.0. The second-order valence-electron chi connectivity index (χ2n) is 4.78. The van der Waals surface area contributed by atoms with Crippen LogP contribution in [0.4, 0.5) is 17.1 Å². The van der Waals surface area contributed by atoms with E-state index in [1.54, 1.807) is 0 Å². The van der Waals surface area contributed by atoms with Gasteiger partial charge >= 0.3 is 0 Å². The van der Waals surface area contributed by atoms with Gasteiger partial charge < -0.3 is 20.3 Å². The minimum Gasteiger partial charge on any atom is -0.481 e. The molecule has 1 aromatic carbocycles. The Morgan fingerprint density at radius 1 is 1.52 bits per heavy atom. The topological polar surface area (TPSA) is 96.7 Å². The largest absolute Gasteiger partial charge is 0.481 e. The van der Waals surface area contributed by atoms with Crippen LogP contribution < -0.4 is 15.4 Å². The number of hydrogen-bond acceptors (Lipinski definition) is 6. The summed E-state index contributed by atoms with van der Waals surface area (Å²) in [6, 6.07) is 2.87. The quantitative estimate of drug-likeness (QED) is 0.606. The standard InChI is InChI=1S/C13H18N4O4/c1-3-16(2)5-4-14-9-6-10-12(7-11(9)17(19)20)21-8-13(18)15-10/h6-7,14H,3-5,8H2,1-2H3,(H,15,18). The average Bonchev–Trinajstić information content (AvgIpc) is 2.45. The number of carbonyl (C=O) groups excluding carboxylic acids is 1. The fraction of sp³-hybridized carbons (Fsp3) is 0.462. The molecule has 0 atom stereocenters. The molecule has 0 spiro atoms. The van der Waals surface area contributed by atoms with Crippen LogP contribution in [0.5, 0.6) is 5.75 Å². The zero-order valence-electron chi connectivity index (χ0n) is 12.0. The maximum Gasteiger partial charge on any atom is 0.296 e. The zero-order valence-corrected chi connectivity index (χ0v) is 12.0. The molecule has 8 nitrogen and oxygen atoms in total. The minimum absolute atomic E-state index is 0.0657. The lowest BCUT2D eigenvalue weighted by atomic mass is 10.2. The van der Waals surface area contributed by atoms with Crippen molar-refractivity contribution < 1.29 is 14.5 Å². The van der Waals surface area contributed by atoms with Crippen LogP contribution >= 0.6 is 0 Å². The molecule has 0 aliphatic carbocycles. The van der Waals surface area contributed by atoms with Gasteiger partial charge in [0.05, 0.1) is 16.7 Å². The smallest absolute Gasteiger partial charge is 0.296 e. The van der Waals surface area contributed by atoms with Crippen LogP contribution in [-0.2, 0) is 4.79 Å². The van der Waals surface area contributed by atoms with E-state index >= 15 is 0 Å². The molecule has 1 heterocycles. The summed E-state index contributed by atoms with van der Waals surface area (Å²) >= 11 is 0. The van der Waals surface area contributed by atoms with Gasteiger partial charge in [-0.3, -0.25) is 14.9 Å². The van der Waals surface area contributed by atoms with Gasteiger partial charge in [-0.2, -0.15) is 0 Å². The highest BCUT2D eigenvalue weighted by atomic mass is 16.6. The van der Waals surface area contributed by atoms with Crippen LogP contribution in [0, 0.1) is 10.1 Å². The maximum absolute atomic E-state index is 11.3. The number of anilines is 2. The van der Waals surface area contributed by atoms with Crippen molar-refractivity contribution in [3.8, 4) is 5.75 Å².